The molecule has 2 fully saturated rings. The van der Waals surface area contributed by atoms with Crippen LogP contribution in [0, 0.1) is 23.7 Å². The van der Waals surface area contributed by atoms with E-state index in [2.05, 4.69) is 26.8 Å². The lowest BCUT2D eigenvalue weighted by molar-refractivity contribution is -0.300. The van der Waals surface area contributed by atoms with Crippen LogP contribution in [0.25, 0.3) is 11.0 Å². The quantitative estimate of drug-likeness (QED) is 0.253. The summed E-state index contributed by atoms with van der Waals surface area (Å²) in [6.45, 7) is 12.0. The standard InChI is InChI=1S/C43H52O10/c1-7-24(2)37-27(5)17-18-42(53-37)22-32-21-31(52-42)16-15-26(4)36(44)25(3)11-10-13-30-23-48-39-38(28(6)19-33(40(45)49-32)43(30,39)47)51-41(46)35-20-29-12-8-9-14-34(29)50-35/h8-15,17-20,24-25,27,31-33,36-39,44,47H,7,16,21-23H2,1-6H3/b11-10+,26-15+,30-13+/t24-,25-,27-,31+,32-,33-,36-,37+,38+,39+,42+,43+/m0/s1. The number of allylic oxidation sites excluding steroid dienone is 2. The van der Waals surface area contributed by atoms with Gasteiger partial charge < -0.3 is 38.3 Å². The zero-order valence-electron chi connectivity index (χ0n) is 31.4. The summed E-state index contributed by atoms with van der Waals surface area (Å²) in [4.78, 5) is 27.9. The number of hydrogen-bond donors (Lipinski definition) is 2. The second-order valence-corrected chi connectivity index (χ2v) is 15.7. The van der Waals surface area contributed by atoms with Crippen LogP contribution in [0.1, 0.15) is 77.8 Å². The fourth-order valence-electron chi connectivity index (χ4n) is 8.55. The van der Waals surface area contributed by atoms with Crippen LogP contribution < -0.4 is 0 Å². The van der Waals surface area contributed by atoms with E-state index in [0.29, 0.717) is 29.6 Å². The summed E-state index contributed by atoms with van der Waals surface area (Å²) in [5.41, 5.74) is 0.412. The van der Waals surface area contributed by atoms with E-state index in [0.717, 1.165) is 17.4 Å². The Kier molecular flexibility index (Phi) is 10.5. The number of esters is 2. The summed E-state index contributed by atoms with van der Waals surface area (Å²) in [6.07, 6.45) is 11.2. The van der Waals surface area contributed by atoms with Crippen molar-refractivity contribution in [2.24, 2.45) is 23.7 Å². The van der Waals surface area contributed by atoms with Gasteiger partial charge in [0.2, 0.25) is 5.76 Å². The molecule has 0 saturated carbocycles. The number of carbonyl (C=O) groups excluding carboxylic acids is 2. The van der Waals surface area contributed by atoms with Gasteiger partial charge in [-0.25, -0.2) is 4.79 Å². The maximum absolute atomic E-state index is 14.5. The van der Waals surface area contributed by atoms with Crippen LogP contribution in [-0.2, 0) is 28.5 Å². The molecule has 1 aliphatic carbocycles. The highest BCUT2D eigenvalue weighted by Crippen LogP contribution is 2.48. The summed E-state index contributed by atoms with van der Waals surface area (Å²) in [5, 5.41) is 24.7. The first-order chi connectivity index (χ1) is 25.3. The van der Waals surface area contributed by atoms with Gasteiger partial charge in [-0.05, 0) is 61.1 Å². The molecule has 4 aliphatic heterocycles. The first kappa shape index (κ1) is 37.5. The molecule has 5 heterocycles. The van der Waals surface area contributed by atoms with Gasteiger partial charge in [-0.1, -0.05) is 88.8 Å². The molecule has 0 unspecified atom stereocenters. The number of hydrogen-bond acceptors (Lipinski definition) is 10. The highest BCUT2D eigenvalue weighted by atomic mass is 16.7. The van der Waals surface area contributed by atoms with E-state index < -0.39 is 53.7 Å². The van der Waals surface area contributed by atoms with Crippen LogP contribution in [0.4, 0.5) is 0 Å². The molecule has 5 aliphatic rings. The monoisotopic (exact) mass is 728 g/mol. The summed E-state index contributed by atoms with van der Waals surface area (Å²) in [5.74, 6) is -3.39. The third kappa shape index (κ3) is 7.12. The van der Waals surface area contributed by atoms with Crippen LogP contribution in [0.15, 0.2) is 94.0 Å². The summed E-state index contributed by atoms with van der Waals surface area (Å²) in [7, 11) is 0. The van der Waals surface area contributed by atoms with Crippen molar-refractivity contribution < 1.29 is 47.9 Å². The normalized spacial score (nSPS) is 40.6. The molecule has 1 aromatic carbocycles. The third-order valence-corrected chi connectivity index (χ3v) is 11.9. The van der Waals surface area contributed by atoms with Gasteiger partial charge in [-0.3, -0.25) is 4.79 Å². The van der Waals surface area contributed by atoms with Gasteiger partial charge in [0.25, 0.3) is 0 Å². The Bertz CT molecular complexity index is 1830. The van der Waals surface area contributed by atoms with Gasteiger partial charge >= 0.3 is 11.9 Å². The average molecular weight is 729 g/mol. The maximum Gasteiger partial charge on any atom is 0.374 e. The number of para-hydroxylation sites is 1. The zero-order valence-corrected chi connectivity index (χ0v) is 31.4. The van der Waals surface area contributed by atoms with Crippen molar-refractivity contribution in [2.75, 3.05) is 6.61 Å². The van der Waals surface area contributed by atoms with Crippen LogP contribution in [0.3, 0.4) is 0 Å². The molecule has 53 heavy (non-hydrogen) atoms. The van der Waals surface area contributed by atoms with E-state index in [4.69, 9.17) is 28.1 Å². The molecule has 1 aromatic heterocycles. The molecule has 0 radical (unpaired) electrons. The van der Waals surface area contributed by atoms with Crippen molar-refractivity contribution in [1.82, 2.24) is 0 Å². The van der Waals surface area contributed by atoms with E-state index in [9.17, 15) is 19.8 Å². The van der Waals surface area contributed by atoms with Crippen molar-refractivity contribution in [1.29, 1.82) is 0 Å². The van der Waals surface area contributed by atoms with Crippen LogP contribution in [-0.4, -0.2) is 76.8 Å². The lowest BCUT2D eigenvalue weighted by atomic mass is 9.70. The minimum Gasteiger partial charge on any atom is -0.462 e. The summed E-state index contributed by atoms with van der Waals surface area (Å²) < 4.78 is 37.9. The Hall–Kier alpha value is -3.80. The Morgan fingerprint density at radius 2 is 1.87 bits per heavy atom. The SMILES string of the molecule is CC[C@H](C)[C@H]1O[C@]2(C=C[C@@H]1C)C[C@@H]1C[C@@H](C/C=C(\C)[C@@H](O)[C@@H](C)/C=C/C=C3\CO[C@@H]4[C@H](OC(=O)c5cc6ccccc6o5)C(C)=C[C@@H](C(=O)O1)[C@]34O)O2. The molecule has 10 nitrogen and oxygen atoms in total. The van der Waals surface area contributed by atoms with Crippen molar-refractivity contribution in [3.8, 4) is 0 Å². The minimum absolute atomic E-state index is 0.0127. The number of fused-ring (bicyclic) bond motifs is 3. The second kappa shape index (κ2) is 14.8. The largest absolute Gasteiger partial charge is 0.462 e. The Labute approximate surface area is 311 Å². The lowest BCUT2D eigenvalue weighted by Gasteiger charge is -2.48. The molecule has 7 rings (SSSR count). The predicted molar refractivity (Wildman–Crippen MR) is 197 cm³/mol. The van der Waals surface area contributed by atoms with E-state index in [1.807, 2.05) is 50.3 Å². The molecule has 284 valence electrons. The highest BCUT2D eigenvalue weighted by Gasteiger charge is 2.61. The van der Waals surface area contributed by atoms with Gasteiger partial charge in [-0.15, -0.1) is 0 Å². The van der Waals surface area contributed by atoms with Gasteiger partial charge in [0.05, 0.1) is 24.9 Å². The molecular weight excluding hydrogens is 676 g/mol. The van der Waals surface area contributed by atoms with Crippen molar-refractivity contribution in [3.63, 3.8) is 0 Å². The number of aliphatic hydroxyl groups excluding tert-OH is 1. The number of rotatable bonds is 4. The minimum atomic E-state index is -1.91. The third-order valence-electron chi connectivity index (χ3n) is 11.9. The predicted octanol–water partition coefficient (Wildman–Crippen LogP) is 6.92. The average Bonchev–Trinajstić information content (AvgIpc) is 3.73. The molecule has 2 aromatic rings. The molecule has 2 bridgehead atoms. The molecule has 2 saturated heterocycles. The highest BCUT2D eigenvalue weighted by molar-refractivity contribution is 5.92. The van der Waals surface area contributed by atoms with Gasteiger partial charge in [0.15, 0.2) is 11.9 Å². The first-order valence-electron chi connectivity index (χ1n) is 19.0. The molecule has 0 amide bonds. The fourth-order valence-corrected chi connectivity index (χ4v) is 8.55. The summed E-state index contributed by atoms with van der Waals surface area (Å²) in [6, 6.07) is 8.89. The van der Waals surface area contributed by atoms with Crippen LogP contribution >= 0.6 is 0 Å². The van der Waals surface area contributed by atoms with E-state index in [1.165, 1.54) is 0 Å². The fraction of sp³-hybridized carbons (Fsp3) is 0.535. The van der Waals surface area contributed by atoms with Gasteiger partial charge in [0.1, 0.15) is 29.3 Å². The zero-order chi connectivity index (χ0) is 37.7. The molecule has 12 atom stereocenters. The van der Waals surface area contributed by atoms with E-state index in [-0.39, 0.29) is 48.7 Å². The first-order valence-corrected chi connectivity index (χ1v) is 19.0. The van der Waals surface area contributed by atoms with Crippen LogP contribution in [0.2, 0.25) is 0 Å². The Balaban J connectivity index is 1.24. The Morgan fingerprint density at radius 3 is 2.64 bits per heavy atom. The topological polar surface area (TPSA) is 134 Å². The number of carbonyl (C=O) groups is 2. The van der Waals surface area contributed by atoms with Crippen molar-refractivity contribution in [2.45, 2.75) is 115 Å². The molecule has 2 N–H and O–H groups in total. The number of furan rings is 1. The Morgan fingerprint density at radius 1 is 1.08 bits per heavy atom. The number of benzene rings is 1. The van der Waals surface area contributed by atoms with Gasteiger partial charge in [0, 0.05) is 30.1 Å². The molecule has 10 heteroatoms. The van der Waals surface area contributed by atoms with Crippen LogP contribution in [0.5, 0.6) is 0 Å². The maximum atomic E-state index is 14.5. The van der Waals surface area contributed by atoms with Crippen molar-refractivity contribution >= 4 is 22.9 Å². The smallest absolute Gasteiger partial charge is 0.374 e. The number of ether oxygens (including phenoxy) is 5. The van der Waals surface area contributed by atoms with Crippen molar-refractivity contribution in [3.05, 3.63) is 95.3 Å². The summed E-state index contributed by atoms with van der Waals surface area (Å²) >= 11 is 0. The van der Waals surface area contributed by atoms with E-state index >= 15 is 0 Å². The second-order valence-electron chi connectivity index (χ2n) is 15.7. The van der Waals surface area contributed by atoms with Gasteiger partial charge in [-0.2, -0.15) is 0 Å². The number of aliphatic hydroxyl groups is 2. The molecular formula is C43H52O10. The van der Waals surface area contributed by atoms with E-state index in [1.54, 1.807) is 37.3 Å². The lowest BCUT2D eigenvalue weighted by Crippen LogP contribution is -2.59. The molecule has 1 spiro atoms.